The maximum Gasteiger partial charge on any atom is 0.257 e. The van der Waals surface area contributed by atoms with Gasteiger partial charge in [-0.25, -0.2) is 17.8 Å². The maximum atomic E-state index is 13.0. The fourth-order valence-electron chi connectivity index (χ4n) is 2.64. The molecule has 9 heteroatoms. The van der Waals surface area contributed by atoms with Gasteiger partial charge in [0.2, 0.25) is 10.0 Å². The lowest BCUT2D eigenvalue weighted by atomic mass is 10.1. The van der Waals surface area contributed by atoms with Crippen LogP contribution in [-0.2, 0) is 16.4 Å². The number of hydrogen-bond acceptors (Lipinski definition) is 5. The quantitative estimate of drug-likeness (QED) is 0.590. The highest BCUT2D eigenvalue weighted by molar-refractivity contribution is 7.89. The van der Waals surface area contributed by atoms with Crippen molar-refractivity contribution in [3.05, 3.63) is 76.5 Å². The van der Waals surface area contributed by atoms with E-state index in [1.54, 1.807) is 32.2 Å². The van der Waals surface area contributed by atoms with Crippen molar-refractivity contribution in [2.75, 3.05) is 12.4 Å². The first-order valence-corrected chi connectivity index (χ1v) is 11.5. The van der Waals surface area contributed by atoms with Gasteiger partial charge in [-0.3, -0.25) is 10.1 Å². The smallest absolute Gasteiger partial charge is 0.257 e. The van der Waals surface area contributed by atoms with Gasteiger partial charge in [-0.05, 0) is 55.8 Å². The molecule has 1 amide bonds. The first kappa shape index (κ1) is 22.1. The third-order valence-corrected chi connectivity index (χ3v) is 7.55. The van der Waals surface area contributed by atoms with Crippen LogP contribution in [0.25, 0.3) is 0 Å². The molecule has 1 heterocycles. The number of nitrogens with one attached hydrogen (secondary N) is 1. The van der Waals surface area contributed by atoms with E-state index >= 15 is 0 Å². The number of aromatic nitrogens is 1. The van der Waals surface area contributed by atoms with Gasteiger partial charge in [0, 0.05) is 36.1 Å². The molecule has 2 aromatic carbocycles. The number of thiazole rings is 1. The second kappa shape index (κ2) is 9.03. The molecule has 0 saturated carbocycles. The molecule has 0 unspecified atom stereocenters. The van der Waals surface area contributed by atoms with Gasteiger partial charge < -0.3 is 0 Å². The van der Waals surface area contributed by atoms with Crippen molar-refractivity contribution >= 4 is 32.4 Å². The summed E-state index contributed by atoms with van der Waals surface area (Å²) < 4.78 is 39.3. The van der Waals surface area contributed by atoms with Crippen molar-refractivity contribution in [1.29, 1.82) is 0 Å². The third-order valence-electron chi connectivity index (χ3n) is 4.59. The highest BCUT2D eigenvalue weighted by atomic mass is 32.2. The Bertz CT molecular complexity index is 1130. The Labute approximate surface area is 179 Å². The number of nitrogens with zero attached hydrogens (tertiary/aromatic N) is 2. The lowest BCUT2D eigenvalue weighted by molar-refractivity contribution is 0.102. The van der Waals surface area contributed by atoms with E-state index in [4.69, 9.17) is 0 Å². The lowest BCUT2D eigenvalue weighted by Crippen LogP contribution is -2.33. The number of rotatable bonds is 7. The van der Waals surface area contributed by atoms with Gasteiger partial charge in [-0.1, -0.05) is 12.1 Å². The van der Waals surface area contributed by atoms with Crippen molar-refractivity contribution < 1.29 is 17.6 Å². The minimum absolute atomic E-state index is 0.131. The fraction of sp³-hybridized carbons (Fsp3) is 0.238. The molecule has 1 aromatic heterocycles. The molecule has 3 rings (SSSR count). The standard InChI is InChI=1S/C21H22FN3O3S2/c1-14(2)25(3)30(27,28)19-10-6-16(7-11-19)20(26)24-21-23-13-18(29-21)12-15-4-8-17(22)9-5-15/h4-11,13-14H,12H2,1-3H3,(H,23,24,26). The highest BCUT2D eigenvalue weighted by Crippen LogP contribution is 2.23. The van der Waals surface area contributed by atoms with Crippen molar-refractivity contribution in [3.63, 3.8) is 0 Å². The molecule has 0 radical (unpaired) electrons. The molecule has 0 bridgehead atoms. The van der Waals surface area contributed by atoms with Crippen molar-refractivity contribution in [1.82, 2.24) is 9.29 Å². The molecule has 0 aliphatic carbocycles. The molecule has 1 N–H and O–H groups in total. The van der Waals surface area contributed by atoms with E-state index in [9.17, 15) is 17.6 Å². The van der Waals surface area contributed by atoms with E-state index < -0.39 is 10.0 Å². The van der Waals surface area contributed by atoms with E-state index in [1.807, 2.05) is 0 Å². The number of benzene rings is 2. The zero-order chi connectivity index (χ0) is 21.9. The van der Waals surface area contributed by atoms with Gasteiger partial charge in [0.15, 0.2) is 5.13 Å². The van der Waals surface area contributed by atoms with E-state index in [2.05, 4.69) is 10.3 Å². The molecule has 0 aliphatic heterocycles. The first-order chi connectivity index (χ1) is 14.2. The summed E-state index contributed by atoms with van der Waals surface area (Å²) >= 11 is 1.33. The molecule has 0 spiro atoms. The Kier molecular flexibility index (Phi) is 6.64. The maximum absolute atomic E-state index is 13.0. The SMILES string of the molecule is CC(C)N(C)S(=O)(=O)c1ccc(C(=O)Nc2ncc(Cc3ccc(F)cc3)s2)cc1. The Balaban J connectivity index is 1.66. The largest absolute Gasteiger partial charge is 0.298 e. The van der Waals surface area contributed by atoms with Crippen LogP contribution in [0.1, 0.15) is 34.6 Å². The second-order valence-electron chi connectivity index (χ2n) is 7.03. The second-order valence-corrected chi connectivity index (χ2v) is 10.1. The van der Waals surface area contributed by atoms with E-state index in [-0.39, 0.29) is 22.7 Å². The summed E-state index contributed by atoms with van der Waals surface area (Å²) in [5, 5.41) is 3.16. The fourth-order valence-corrected chi connectivity index (χ4v) is 4.85. The molecular formula is C21H22FN3O3S2. The number of amides is 1. The predicted octanol–water partition coefficient (Wildman–Crippen LogP) is 4.15. The number of carbonyl (C=O) groups excluding carboxylic acids is 1. The van der Waals surface area contributed by atoms with Crippen LogP contribution < -0.4 is 5.32 Å². The average molecular weight is 448 g/mol. The Morgan fingerprint density at radius 2 is 1.77 bits per heavy atom. The summed E-state index contributed by atoms with van der Waals surface area (Å²) in [6.45, 7) is 3.58. The molecule has 30 heavy (non-hydrogen) atoms. The third kappa shape index (κ3) is 5.10. The molecular weight excluding hydrogens is 425 g/mol. The van der Waals surface area contributed by atoms with Crippen molar-refractivity contribution in [2.24, 2.45) is 0 Å². The topological polar surface area (TPSA) is 79.4 Å². The number of sulfonamides is 1. The highest BCUT2D eigenvalue weighted by Gasteiger charge is 2.23. The molecule has 158 valence electrons. The van der Waals surface area contributed by atoms with Crippen LogP contribution in [0.4, 0.5) is 9.52 Å². The Morgan fingerprint density at radius 1 is 1.13 bits per heavy atom. The zero-order valence-electron chi connectivity index (χ0n) is 16.8. The molecule has 0 aliphatic rings. The van der Waals surface area contributed by atoms with Gasteiger partial charge in [0.1, 0.15) is 5.82 Å². The lowest BCUT2D eigenvalue weighted by Gasteiger charge is -2.20. The Hall–Kier alpha value is -2.62. The predicted molar refractivity (Wildman–Crippen MR) is 116 cm³/mol. The summed E-state index contributed by atoms with van der Waals surface area (Å²) in [5.41, 5.74) is 1.28. The summed E-state index contributed by atoms with van der Waals surface area (Å²) in [6.07, 6.45) is 2.25. The summed E-state index contributed by atoms with van der Waals surface area (Å²) in [5.74, 6) is -0.662. The van der Waals surface area contributed by atoms with Crippen LogP contribution in [0, 0.1) is 5.82 Å². The summed E-state index contributed by atoms with van der Waals surface area (Å²) in [4.78, 5) is 17.7. The number of carbonyl (C=O) groups is 1. The normalized spacial score (nSPS) is 11.8. The van der Waals surface area contributed by atoms with Crippen LogP contribution in [0.2, 0.25) is 0 Å². The minimum Gasteiger partial charge on any atom is -0.298 e. The van der Waals surface area contributed by atoms with Crippen LogP contribution >= 0.6 is 11.3 Å². The van der Waals surface area contributed by atoms with Crippen molar-refractivity contribution in [3.8, 4) is 0 Å². The summed E-state index contributed by atoms with van der Waals surface area (Å²) in [7, 11) is -2.08. The number of hydrogen-bond donors (Lipinski definition) is 1. The Morgan fingerprint density at radius 3 is 2.37 bits per heavy atom. The monoisotopic (exact) mass is 447 g/mol. The van der Waals surface area contributed by atoms with E-state index in [0.717, 1.165) is 10.4 Å². The molecule has 3 aromatic rings. The zero-order valence-corrected chi connectivity index (χ0v) is 18.4. The van der Waals surface area contributed by atoms with E-state index in [1.165, 1.54) is 59.1 Å². The number of anilines is 1. The van der Waals surface area contributed by atoms with Gasteiger partial charge in [-0.15, -0.1) is 11.3 Å². The molecule has 0 fully saturated rings. The minimum atomic E-state index is -3.60. The van der Waals surface area contributed by atoms with Crippen LogP contribution in [0.15, 0.2) is 59.6 Å². The average Bonchev–Trinajstić information content (AvgIpc) is 3.15. The molecule has 6 nitrogen and oxygen atoms in total. The van der Waals surface area contributed by atoms with Crippen LogP contribution in [-0.4, -0.2) is 36.7 Å². The van der Waals surface area contributed by atoms with Gasteiger partial charge in [-0.2, -0.15) is 4.31 Å². The van der Waals surface area contributed by atoms with Gasteiger partial charge >= 0.3 is 0 Å². The molecule has 0 saturated heterocycles. The van der Waals surface area contributed by atoms with Gasteiger partial charge in [0.05, 0.1) is 4.90 Å². The molecule has 0 atom stereocenters. The first-order valence-electron chi connectivity index (χ1n) is 9.25. The van der Waals surface area contributed by atoms with E-state index in [0.29, 0.717) is 17.1 Å². The van der Waals surface area contributed by atoms with Gasteiger partial charge in [0.25, 0.3) is 5.91 Å². The van der Waals surface area contributed by atoms with Crippen LogP contribution in [0.5, 0.6) is 0 Å². The van der Waals surface area contributed by atoms with Crippen molar-refractivity contribution in [2.45, 2.75) is 31.2 Å². The van der Waals surface area contributed by atoms with Crippen LogP contribution in [0.3, 0.4) is 0 Å². The number of halogens is 1. The summed E-state index contributed by atoms with van der Waals surface area (Å²) in [6, 6.07) is 11.8.